The van der Waals surface area contributed by atoms with E-state index in [1.807, 2.05) is 0 Å². The molecule has 2 aliphatic rings. The van der Waals surface area contributed by atoms with Gasteiger partial charge in [0.15, 0.2) is 0 Å². The number of halogens is 2. The van der Waals surface area contributed by atoms with Gasteiger partial charge in [0.25, 0.3) is 0 Å². The Kier molecular flexibility index (Phi) is 5.60. The Hall–Kier alpha value is -1.25. The van der Waals surface area contributed by atoms with Crippen LogP contribution in [0.15, 0.2) is 29.2 Å². The molecule has 1 aromatic rings. The van der Waals surface area contributed by atoms with Gasteiger partial charge in [0.05, 0.1) is 18.1 Å². The van der Waals surface area contributed by atoms with E-state index < -0.39 is 15.6 Å². The first-order valence-electron chi connectivity index (χ1n) is 8.60. The summed E-state index contributed by atoms with van der Waals surface area (Å²) in [6, 6.07) is 6.75. The van der Waals surface area contributed by atoms with Crippen molar-refractivity contribution in [2.45, 2.75) is 42.5 Å². The van der Waals surface area contributed by atoms with Crippen LogP contribution in [0.3, 0.4) is 0 Å². The van der Waals surface area contributed by atoms with Crippen molar-refractivity contribution in [2.24, 2.45) is 0 Å². The summed E-state index contributed by atoms with van der Waals surface area (Å²) in [5.74, 6) is -3.38. The normalized spacial score (nSPS) is 24.0. The van der Waals surface area contributed by atoms with Crippen molar-refractivity contribution in [3.63, 3.8) is 0 Å². The molecule has 0 bridgehead atoms. The second-order valence-corrected chi connectivity index (χ2v) is 8.60. The molecule has 0 aliphatic carbocycles. The summed E-state index contributed by atoms with van der Waals surface area (Å²) in [5, 5.41) is 0. The first-order chi connectivity index (χ1) is 11.9. The van der Waals surface area contributed by atoms with E-state index in [9.17, 15) is 17.2 Å². The quantitative estimate of drug-likeness (QED) is 0.810. The molecule has 1 aromatic carbocycles. The van der Waals surface area contributed by atoms with Gasteiger partial charge in [0.1, 0.15) is 0 Å². The van der Waals surface area contributed by atoms with Crippen molar-refractivity contribution in [2.75, 3.05) is 37.7 Å². The summed E-state index contributed by atoms with van der Waals surface area (Å²) in [5.41, 5.74) is 0.877. The fourth-order valence-electron chi connectivity index (χ4n) is 3.69. The van der Waals surface area contributed by atoms with Crippen molar-refractivity contribution < 1.29 is 21.9 Å². The van der Waals surface area contributed by atoms with Gasteiger partial charge >= 0.3 is 5.76 Å². The molecular weight excluding hydrogens is 350 g/mol. The molecule has 8 heteroatoms. The van der Waals surface area contributed by atoms with Gasteiger partial charge < -0.3 is 9.64 Å². The SMILES string of the molecule is CC1COCCN1C1CCN(c2ccc(S(=O)(=O)C(F)F)cc2)CC1. The highest BCUT2D eigenvalue weighted by molar-refractivity contribution is 7.91. The molecule has 0 spiro atoms. The second-order valence-electron chi connectivity index (χ2n) is 6.68. The zero-order valence-corrected chi connectivity index (χ0v) is 15.1. The van der Waals surface area contributed by atoms with Crippen LogP contribution in [0.2, 0.25) is 0 Å². The van der Waals surface area contributed by atoms with E-state index in [0.29, 0.717) is 12.1 Å². The molecule has 0 saturated carbocycles. The Morgan fingerprint density at radius 2 is 1.76 bits per heavy atom. The first-order valence-corrected chi connectivity index (χ1v) is 10.1. The van der Waals surface area contributed by atoms with Crippen LogP contribution in [0.5, 0.6) is 0 Å². The highest BCUT2D eigenvalue weighted by atomic mass is 32.2. The lowest BCUT2D eigenvalue weighted by Gasteiger charge is -2.43. The number of rotatable bonds is 4. The number of hydrogen-bond acceptors (Lipinski definition) is 5. The van der Waals surface area contributed by atoms with E-state index in [4.69, 9.17) is 4.74 Å². The highest BCUT2D eigenvalue weighted by Crippen LogP contribution is 2.27. The van der Waals surface area contributed by atoms with E-state index in [-0.39, 0.29) is 4.90 Å². The van der Waals surface area contributed by atoms with Crippen LogP contribution in [-0.4, -0.2) is 64.0 Å². The number of sulfone groups is 1. The number of benzene rings is 1. The number of morpholine rings is 1. The third-order valence-corrected chi connectivity index (χ3v) is 6.52. The van der Waals surface area contributed by atoms with Crippen LogP contribution < -0.4 is 4.90 Å². The molecule has 2 fully saturated rings. The molecule has 3 rings (SSSR count). The Balaban J connectivity index is 1.61. The lowest BCUT2D eigenvalue weighted by molar-refractivity contribution is -0.0265. The molecule has 2 heterocycles. The van der Waals surface area contributed by atoms with Crippen molar-refractivity contribution in [1.29, 1.82) is 0 Å². The standard InChI is InChI=1S/C17H24F2N2O3S/c1-13-12-24-11-10-21(13)15-6-8-20(9-7-15)14-2-4-16(5-3-14)25(22,23)17(18)19/h2-5,13,15,17H,6-12H2,1H3. The topological polar surface area (TPSA) is 49.9 Å². The Morgan fingerprint density at radius 3 is 2.32 bits per heavy atom. The maximum atomic E-state index is 12.6. The minimum absolute atomic E-state index is 0.330. The monoisotopic (exact) mass is 374 g/mol. The van der Waals surface area contributed by atoms with Crippen molar-refractivity contribution in [3.05, 3.63) is 24.3 Å². The van der Waals surface area contributed by atoms with E-state index in [1.165, 1.54) is 12.1 Å². The van der Waals surface area contributed by atoms with Crippen LogP contribution in [0, 0.1) is 0 Å². The summed E-state index contributed by atoms with van der Waals surface area (Å²) < 4.78 is 53.7. The molecule has 1 atom stereocenters. The number of nitrogens with zero attached hydrogens (tertiary/aromatic N) is 2. The van der Waals surface area contributed by atoms with Crippen molar-refractivity contribution >= 4 is 15.5 Å². The summed E-state index contributed by atoms with van der Waals surface area (Å²) >= 11 is 0. The van der Waals surface area contributed by atoms with Crippen LogP contribution in [0.4, 0.5) is 14.5 Å². The Bertz CT molecular complexity index is 674. The fourth-order valence-corrected chi connectivity index (χ4v) is 4.41. The van der Waals surface area contributed by atoms with Gasteiger partial charge in [-0.2, -0.15) is 8.78 Å². The van der Waals surface area contributed by atoms with Crippen LogP contribution in [-0.2, 0) is 14.6 Å². The number of ether oxygens (including phenoxy) is 1. The van der Waals surface area contributed by atoms with Crippen LogP contribution >= 0.6 is 0 Å². The average molecular weight is 374 g/mol. The van der Waals surface area contributed by atoms with Crippen LogP contribution in [0.25, 0.3) is 0 Å². The Morgan fingerprint density at radius 1 is 1.12 bits per heavy atom. The smallest absolute Gasteiger partial charge is 0.341 e. The fraction of sp³-hybridized carbons (Fsp3) is 0.647. The largest absolute Gasteiger partial charge is 0.379 e. The van der Waals surface area contributed by atoms with E-state index in [0.717, 1.165) is 51.4 Å². The van der Waals surface area contributed by atoms with Gasteiger partial charge in [-0.15, -0.1) is 0 Å². The molecule has 2 aliphatic heterocycles. The van der Waals surface area contributed by atoms with E-state index in [1.54, 1.807) is 12.1 Å². The summed E-state index contributed by atoms with van der Waals surface area (Å²) in [7, 11) is -4.52. The molecule has 25 heavy (non-hydrogen) atoms. The molecule has 0 radical (unpaired) electrons. The van der Waals surface area contributed by atoms with Crippen molar-refractivity contribution in [3.8, 4) is 0 Å². The predicted molar refractivity (Wildman–Crippen MR) is 91.9 cm³/mol. The number of piperidine rings is 1. The maximum absolute atomic E-state index is 12.6. The zero-order valence-electron chi connectivity index (χ0n) is 14.3. The lowest BCUT2D eigenvalue weighted by atomic mass is 10.0. The van der Waals surface area contributed by atoms with Gasteiger partial charge in [-0.1, -0.05) is 0 Å². The molecule has 2 saturated heterocycles. The first kappa shape index (κ1) is 18.5. The summed E-state index contributed by atoms with van der Waals surface area (Å²) in [6.07, 6.45) is 2.06. The molecule has 0 amide bonds. The van der Waals surface area contributed by atoms with E-state index >= 15 is 0 Å². The van der Waals surface area contributed by atoms with Gasteiger partial charge in [-0.25, -0.2) is 8.42 Å². The average Bonchev–Trinajstić information content (AvgIpc) is 2.62. The molecule has 140 valence electrons. The third kappa shape index (κ3) is 3.96. The molecule has 5 nitrogen and oxygen atoms in total. The van der Waals surface area contributed by atoms with Gasteiger partial charge in [0, 0.05) is 37.4 Å². The van der Waals surface area contributed by atoms with Gasteiger partial charge in [-0.05, 0) is 44.0 Å². The number of hydrogen-bond donors (Lipinski definition) is 0. The van der Waals surface area contributed by atoms with Gasteiger partial charge in [-0.3, -0.25) is 4.90 Å². The minimum Gasteiger partial charge on any atom is -0.379 e. The molecular formula is C17H24F2N2O3S. The minimum atomic E-state index is -4.52. The zero-order chi connectivity index (χ0) is 18.0. The summed E-state index contributed by atoms with van der Waals surface area (Å²) in [4.78, 5) is 4.36. The Labute approximate surface area is 147 Å². The second kappa shape index (κ2) is 7.55. The lowest BCUT2D eigenvalue weighted by Crippen LogP contribution is -2.53. The molecule has 0 N–H and O–H groups in total. The van der Waals surface area contributed by atoms with Crippen LogP contribution in [0.1, 0.15) is 19.8 Å². The van der Waals surface area contributed by atoms with Gasteiger partial charge in [0.2, 0.25) is 9.84 Å². The maximum Gasteiger partial charge on any atom is 0.341 e. The third-order valence-electron chi connectivity index (χ3n) is 5.12. The molecule has 0 aromatic heterocycles. The highest BCUT2D eigenvalue weighted by Gasteiger charge is 2.30. The summed E-state index contributed by atoms with van der Waals surface area (Å²) in [6.45, 7) is 6.45. The van der Waals surface area contributed by atoms with E-state index in [2.05, 4.69) is 16.7 Å². The molecule has 1 unspecified atom stereocenters. The predicted octanol–water partition coefficient (Wildman–Crippen LogP) is 2.37. The van der Waals surface area contributed by atoms with Crippen molar-refractivity contribution in [1.82, 2.24) is 4.90 Å². The number of alkyl halides is 2. The number of anilines is 1.